The quantitative estimate of drug-likeness (QED) is 0.583. The Hall–Kier alpha value is -2.10. The first-order valence-corrected chi connectivity index (χ1v) is 11.9. The van der Waals surface area contributed by atoms with Gasteiger partial charge in [0, 0.05) is 30.8 Å². The van der Waals surface area contributed by atoms with Crippen molar-refractivity contribution in [2.24, 2.45) is 4.40 Å². The minimum absolute atomic E-state index is 0.0778. The van der Waals surface area contributed by atoms with Gasteiger partial charge in [-0.15, -0.1) is 4.40 Å². The smallest absolute Gasteiger partial charge is 0.284 e. The molecule has 9 heteroatoms. The summed E-state index contributed by atoms with van der Waals surface area (Å²) in [5, 5.41) is 0.164. The van der Waals surface area contributed by atoms with Crippen LogP contribution in [0.4, 0.5) is 5.69 Å². The highest BCUT2D eigenvalue weighted by molar-refractivity contribution is 9.10. The van der Waals surface area contributed by atoms with Crippen LogP contribution in [0.1, 0.15) is 12.5 Å². The molecule has 0 spiro atoms. The van der Waals surface area contributed by atoms with Crippen LogP contribution in [-0.2, 0) is 14.8 Å². The number of hydrogen-bond acceptors (Lipinski definition) is 5. The van der Waals surface area contributed by atoms with Crippen molar-refractivity contribution in [3.8, 4) is 0 Å². The molecule has 0 aliphatic carbocycles. The second-order valence-electron chi connectivity index (χ2n) is 6.45. The van der Waals surface area contributed by atoms with E-state index in [9.17, 15) is 13.2 Å². The second-order valence-corrected chi connectivity index (χ2v) is 9.98. The minimum atomic E-state index is -3.92. The molecule has 0 saturated carbocycles. The lowest BCUT2D eigenvalue weighted by molar-refractivity contribution is -0.122. The average Bonchev–Trinajstić information content (AvgIpc) is 2.96. The molecular formula is C20H20BrN3O3S2. The van der Waals surface area contributed by atoms with Crippen LogP contribution in [0.15, 0.2) is 67.2 Å². The van der Waals surface area contributed by atoms with Gasteiger partial charge in [0.25, 0.3) is 15.9 Å². The van der Waals surface area contributed by atoms with Gasteiger partial charge >= 0.3 is 0 Å². The Bertz CT molecular complexity index is 1080. The van der Waals surface area contributed by atoms with Crippen LogP contribution in [0, 0.1) is 0 Å². The van der Waals surface area contributed by atoms with Crippen LogP contribution in [0.3, 0.4) is 0 Å². The van der Waals surface area contributed by atoms with Gasteiger partial charge < -0.3 is 4.90 Å². The number of carbonyl (C=O) groups excluding carboxylic acids is 1. The van der Waals surface area contributed by atoms with Gasteiger partial charge in [0.05, 0.1) is 9.80 Å². The molecule has 2 aromatic rings. The summed E-state index contributed by atoms with van der Waals surface area (Å²) in [6.07, 6.45) is 1.75. The maximum atomic E-state index is 12.7. The second kappa shape index (κ2) is 8.73. The molecule has 2 aromatic carbocycles. The number of nitrogens with zero attached hydrogens (tertiary/aromatic N) is 3. The van der Waals surface area contributed by atoms with Crippen LogP contribution in [0.5, 0.6) is 0 Å². The molecular weight excluding hydrogens is 474 g/mol. The SMILES string of the molecule is CCN1C(=O)C(=Cc2ccc(N(C)C)cc2)SC1=NS(=O)(=O)c1ccc(Br)cc1. The van der Waals surface area contributed by atoms with Gasteiger partial charge in [-0.25, -0.2) is 0 Å². The summed E-state index contributed by atoms with van der Waals surface area (Å²) in [7, 11) is -0.00684. The highest BCUT2D eigenvalue weighted by Gasteiger charge is 2.34. The number of halogens is 1. The van der Waals surface area contributed by atoms with E-state index < -0.39 is 10.0 Å². The first kappa shape index (κ1) is 21.6. The van der Waals surface area contributed by atoms with Crippen molar-refractivity contribution in [3.05, 3.63) is 63.5 Å². The first-order valence-electron chi connectivity index (χ1n) is 8.80. The molecule has 3 rings (SSSR count). The van der Waals surface area contributed by atoms with Crippen LogP contribution < -0.4 is 4.90 Å². The Morgan fingerprint density at radius 1 is 1.10 bits per heavy atom. The maximum Gasteiger partial charge on any atom is 0.284 e. The van der Waals surface area contributed by atoms with Crippen LogP contribution in [0.2, 0.25) is 0 Å². The van der Waals surface area contributed by atoms with Crippen molar-refractivity contribution < 1.29 is 13.2 Å². The van der Waals surface area contributed by atoms with Crippen molar-refractivity contribution in [2.75, 3.05) is 25.5 Å². The molecule has 1 heterocycles. The molecule has 0 aromatic heterocycles. The fourth-order valence-electron chi connectivity index (χ4n) is 2.64. The van der Waals surface area contributed by atoms with Gasteiger partial charge in [0.1, 0.15) is 0 Å². The molecule has 1 amide bonds. The van der Waals surface area contributed by atoms with E-state index in [2.05, 4.69) is 20.3 Å². The highest BCUT2D eigenvalue weighted by Crippen LogP contribution is 2.33. The molecule has 0 atom stereocenters. The van der Waals surface area contributed by atoms with E-state index in [1.54, 1.807) is 25.1 Å². The normalized spacial score (nSPS) is 17.4. The maximum absolute atomic E-state index is 12.7. The predicted molar refractivity (Wildman–Crippen MR) is 122 cm³/mol. The summed E-state index contributed by atoms with van der Waals surface area (Å²) >= 11 is 4.35. The van der Waals surface area contributed by atoms with E-state index in [0.717, 1.165) is 27.5 Å². The lowest BCUT2D eigenvalue weighted by Crippen LogP contribution is -2.29. The lowest BCUT2D eigenvalue weighted by atomic mass is 10.2. The fraction of sp³-hybridized carbons (Fsp3) is 0.200. The van der Waals surface area contributed by atoms with E-state index in [0.29, 0.717) is 11.4 Å². The molecule has 152 valence electrons. The molecule has 1 saturated heterocycles. The minimum Gasteiger partial charge on any atom is -0.378 e. The fourth-order valence-corrected chi connectivity index (χ4v) is 5.15. The van der Waals surface area contributed by atoms with Gasteiger partial charge in [0.2, 0.25) is 0 Å². The number of sulfonamides is 1. The molecule has 0 unspecified atom stereocenters. The summed E-state index contributed by atoms with van der Waals surface area (Å²) in [4.78, 5) is 16.6. The van der Waals surface area contributed by atoms with Crippen molar-refractivity contribution in [1.82, 2.24) is 4.90 Å². The standard InChI is InChI=1S/C20H20BrN3O3S2/c1-4-24-19(25)18(13-14-5-9-16(10-6-14)23(2)3)28-20(24)22-29(26,27)17-11-7-15(21)8-12-17/h5-13H,4H2,1-3H3. The number of anilines is 1. The van der Waals surface area contributed by atoms with Gasteiger partial charge in [-0.05, 0) is 66.7 Å². The number of rotatable bonds is 5. The van der Waals surface area contributed by atoms with Gasteiger partial charge in [0.15, 0.2) is 5.17 Å². The Morgan fingerprint density at radius 2 is 1.72 bits per heavy atom. The molecule has 0 bridgehead atoms. The van der Waals surface area contributed by atoms with Crippen LogP contribution in [0.25, 0.3) is 6.08 Å². The summed E-state index contributed by atoms with van der Waals surface area (Å²) in [5.41, 5.74) is 1.91. The van der Waals surface area contributed by atoms with Crippen molar-refractivity contribution in [1.29, 1.82) is 0 Å². The Morgan fingerprint density at radius 3 is 2.28 bits per heavy atom. The third kappa shape index (κ3) is 4.91. The summed E-state index contributed by atoms with van der Waals surface area (Å²) in [6.45, 7) is 2.12. The zero-order chi connectivity index (χ0) is 21.2. The van der Waals surface area contributed by atoms with Crippen LogP contribution >= 0.6 is 27.7 Å². The highest BCUT2D eigenvalue weighted by atomic mass is 79.9. The molecule has 0 N–H and O–H groups in total. The monoisotopic (exact) mass is 493 g/mol. The van der Waals surface area contributed by atoms with Crippen molar-refractivity contribution in [2.45, 2.75) is 11.8 Å². The van der Waals surface area contributed by atoms with E-state index in [4.69, 9.17) is 0 Å². The topological polar surface area (TPSA) is 70.1 Å². The summed E-state index contributed by atoms with van der Waals surface area (Å²) in [6, 6.07) is 14.0. The predicted octanol–water partition coefficient (Wildman–Crippen LogP) is 4.20. The largest absolute Gasteiger partial charge is 0.378 e. The van der Waals surface area contributed by atoms with Crippen molar-refractivity contribution >= 4 is 60.6 Å². The third-order valence-electron chi connectivity index (χ3n) is 4.22. The van der Waals surface area contributed by atoms with E-state index >= 15 is 0 Å². The lowest BCUT2D eigenvalue weighted by Gasteiger charge is -2.12. The van der Waals surface area contributed by atoms with Gasteiger partial charge in [-0.1, -0.05) is 28.1 Å². The zero-order valence-corrected chi connectivity index (χ0v) is 19.4. The van der Waals surface area contributed by atoms with E-state index in [1.807, 2.05) is 43.3 Å². The van der Waals surface area contributed by atoms with E-state index in [-0.39, 0.29) is 16.0 Å². The first-order chi connectivity index (χ1) is 13.7. The zero-order valence-electron chi connectivity index (χ0n) is 16.2. The van der Waals surface area contributed by atoms with Gasteiger partial charge in [-0.2, -0.15) is 8.42 Å². The molecule has 6 nitrogen and oxygen atoms in total. The summed E-state index contributed by atoms with van der Waals surface area (Å²) < 4.78 is 30.0. The van der Waals surface area contributed by atoms with Crippen LogP contribution in [-0.4, -0.2) is 45.0 Å². The Labute approximate surface area is 183 Å². The number of thioether (sulfide) groups is 1. The number of hydrogen-bond donors (Lipinski definition) is 0. The molecule has 0 radical (unpaired) electrons. The van der Waals surface area contributed by atoms with Crippen molar-refractivity contribution in [3.63, 3.8) is 0 Å². The molecule has 1 aliphatic rings. The number of amides is 1. The number of likely N-dealkylation sites (N-methyl/N-ethyl adjacent to an activating group) is 1. The van der Waals surface area contributed by atoms with Gasteiger partial charge in [-0.3, -0.25) is 9.69 Å². The summed E-state index contributed by atoms with van der Waals surface area (Å²) in [5.74, 6) is -0.251. The molecule has 1 fully saturated rings. The molecule has 29 heavy (non-hydrogen) atoms. The number of amidine groups is 1. The number of carbonyl (C=O) groups is 1. The third-order valence-corrected chi connectivity index (χ3v) is 7.15. The average molecular weight is 494 g/mol. The van der Waals surface area contributed by atoms with E-state index in [1.165, 1.54) is 17.0 Å². The Kier molecular flexibility index (Phi) is 6.50. The number of benzene rings is 2. The Balaban J connectivity index is 1.92. The molecule has 1 aliphatic heterocycles.